The zero-order valence-corrected chi connectivity index (χ0v) is 16.4. The van der Waals surface area contributed by atoms with Crippen LogP contribution in [0.2, 0.25) is 0 Å². The van der Waals surface area contributed by atoms with Crippen molar-refractivity contribution >= 4 is 11.7 Å². The van der Waals surface area contributed by atoms with E-state index in [1.165, 1.54) is 0 Å². The summed E-state index contributed by atoms with van der Waals surface area (Å²) in [6.45, 7) is 4.43. The number of hydrogen-bond donors (Lipinski definition) is 1. The lowest BCUT2D eigenvalue weighted by Gasteiger charge is -2.22. The Morgan fingerprint density at radius 1 is 1.21 bits per heavy atom. The first-order valence-electron chi connectivity index (χ1n) is 9.56. The van der Waals surface area contributed by atoms with Crippen LogP contribution in [0.1, 0.15) is 59.6 Å². The molecule has 3 heterocycles. The van der Waals surface area contributed by atoms with Crippen molar-refractivity contribution in [2.24, 2.45) is 0 Å². The Labute approximate surface area is 164 Å². The van der Waals surface area contributed by atoms with Gasteiger partial charge in [0.2, 0.25) is 5.88 Å². The van der Waals surface area contributed by atoms with Crippen LogP contribution < -0.4 is 10.5 Å². The van der Waals surface area contributed by atoms with Gasteiger partial charge in [0.1, 0.15) is 17.5 Å². The molecule has 0 saturated carbocycles. The van der Waals surface area contributed by atoms with E-state index in [0.29, 0.717) is 40.4 Å². The third kappa shape index (κ3) is 2.68. The predicted molar refractivity (Wildman–Crippen MR) is 105 cm³/mol. The van der Waals surface area contributed by atoms with Crippen molar-refractivity contribution in [2.75, 3.05) is 12.8 Å². The van der Waals surface area contributed by atoms with Gasteiger partial charge >= 0.3 is 0 Å². The van der Waals surface area contributed by atoms with E-state index in [2.05, 4.69) is 16.0 Å². The summed E-state index contributed by atoms with van der Waals surface area (Å²) in [7, 11) is 1.55. The Balaban J connectivity index is 1.98. The molecule has 2 N–H and O–H groups in total. The van der Waals surface area contributed by atoms with Gasteiger partial charge in [0.25, 0.3) is 5.91 Å². The molecule has 0 saturated heterocycles. The zero-order chi connectivity index (χ0) is 20.0. The summed E-state index contributed by atoms with van der Waals surface area (Å²) < 4.78 is 5.57. The number of aromatic nitrogens is 2. The number of nitrogens with zero attached hydrogens (tertiary/aromatic N) is 4. The fourth-order valence-corrected chi connectivity index (χ4v) is 4.15. The molecule has 2 aromatic heterocycles. The Bertz CT molecular complexity index is 1020. The maximum absolute atomic E-state index is 12.9. The van der Waals surface area contributed by atoms with Crippen molar-refractivity contribution < 1.29 is 9.53 Å². The summed E-state index contributed by atoms with van der Waals surface area (Å²) in [5, 5.41) is 9.78. The molecule has 0 atom stereocenters. The molecule has 2 aromatic rings. The van der Waals surface area contributed by atoms with E-state index in [1.54, 1.807) is 12.0 Å². The fraction of sp³-hybridized carbons (Fsp3) is 0.429. The first-order chi connectivity index (χ1) is 13.5. The van der Waals surface area contributed by atoms with Crippen LogP contribution in [-0.4, -0.2) is 33.9 Å². The van der Waals surface area contributed by atoms with Crippen LogP contribution >= 0.6 is 0 Å². The number of nitrogen functional groups attached to an aromatic ring is 1. The second kappa shape index (κ2) is 6.79. The molecule has 28 heavy (non-hydrogen) atoms. The molecular weight excluding hydrogens is 354 g/mol. The second-order valence-electron chi connectivity index (χ2n) is 7.56. The highest BCUT2D eigenvalue weighted by atomic mass is 16.5. The van der Waals surface area contributed by atoms with Crippen molar-refractivity contribution in [1.29, 1.82) is 5.26 Å². The van der Waals surface area contributed by atoms with Crippen LogP contribution in [0.5, 0.6) is 5.88 Å². The quantitative estimate of drug-likeness (QED) is 0.882. The Kier molecular flexibility index (Phi) is 4.42. The molecule has 0 fully saturated rings. The van der Waals surface area contributed by atoms with Crippen LogP contribution in [0.4, 0.5) is 5.82 Å². The molecule has 7 heteroatoms. The monoisotopic (exact) mass is 377 g/mol. The van der Waals surface area contributed by atoms with E-state index in [1.807, 2.05) is 19.9 Å². The number of carbonyl (C=O) groups excluding carboxylic acids is 1. The summed E-state index contributed by atoms with van der Waals surface area (Å²) in [6, 6.07) is 4.10. The number of rotatable bonds is 3. The van der Waals surface area contributed by atoms with Gasteiger partial charge in [0, 0.05) is 22.9 Å². The average Bonchev–Trinajstić information content (AvgIpc) is 3.02. The molecule has 0 spiro atoms. The average molecular weight is 377 g/mol. The van der Waals surface area contributed by atoms with Gasteiger partial charge in [-0.05, 0) is 51.2 Å². The number of ether oxygens (including phenoxy) is 1. The number of pyridine rings is 2. The number of methoxy groups -OCH3 is 1. The van der Waals surface area contributed by atoms with Crippen molar-refractivity contribution in [2.45, 2.75) is 52.1 Å². The molecule has 1 aliphatic heterocycles. The van der Waals surface area contributed by atoms with Gasteiger partial charge in [-0.3, -0.25) is 4.79 Å². The smallest absolute Gasteiger partial charge is 0.256 e. The van der Waals surface area contributed by atoms with Crippen LogP contribution in [0.15, 0.2) is 6.07 Å². The molecule has 4 rings (SSSR count). The molecule has 2 aliphatic rings. The molecule has 0 radical (unpaired) electrons. The lowest BCUT2D eigenvalue weighted by molar-refractivity contribution is 0.0730. The third-order valence-electron chi connectivity index (χ3n) is 5.58. The van der Waals surface area contributed by atoms with Crippen LogP contribution in [-0.2, 0) is 19.4 Å². The van der Waals surface area contributed by atoms with Gasteiger partial charge in [-0.25, -0.2) is 9.97 Å². The number of aryl methyl sites for hydroxylation is 1. The number of carbonyl (C=O) groups is 1. The van der Waals surface area contributed by atoms with Crippen molar-refractivity contribution in [1.82, 2.24) is 14.9 Å². The summed E-state index contributed by atoms with van der Waals surface area (Å²) in [6.07, 6.45) is 3.72. The molecule has 0 unspecified atom stereocenters. The Morgan fingerprint density at radius 2 is 1.96 bits per heavy atom. The lowest BCUT2D eigenvalue weighted by Crippen LogP contribution is -2.30. The minimum absolute atomic E-state index is 0.0455. The van der Waals surface area contributed by atoms with Crippen LogP contribution in [0.25, 0.3) is 11.1 Å². The topological polar surface area (TPSA) is 105 Å². The van der Waals surface area contributed by atoms with E-state index in [4.69, 9.17) is 10.5 Å². The number of hydrogen-bond acceptors (Lipinski definition) is 6. The van der Waals surface area contributed by atoms with E-state index < -0.39 is 0 Å². The number of nitriles is 1. The van der Waals surface area contributed by atoms with E-state index in [-0.39, 0.29) is 17.8 Å². The Hall–Kier alpha value is -3.14. The van der Waals surface area contributed by atoms with Crippen molar-refractivity contribution in [3.8, 4) is 23.1 Å². The SMILES string of the molecule is COc1nc2c(cc1-c1c(C#N)c(N)nc3c1CCCC3)C(=O)N(C(C)C)C2. The van der Waals surface area contributed by atoms with Gasteiger partial charge in [-0.15, -0.1) is 0 Å². The largest absolute Gasteiger partial charge is 0.481 e. The number of anilines is 1. The Morgan fingerprint density at radius 3 is 2.64 bits per heavy atom. The van der Waals surface area contributed by atoms with Gasteiger partial charge in [-0.1, -0.05) is 0 Å². The minimum Gasteiger partial charge on any atom is -0.481 e. The van der Waals surface area contributed by atoms with Gasteiger partial charge in [0.15, 0.2) is 0 Å². The zero-order valence-electron chi connectivity index (χ0n) is 16.4. The summed E-state index contributed by atoms with van der Waals surface area (Å²) in [5.74, 6) is 0.582. The predicted octanol–water partition coefficient (Wildman–Crippen LogP) is 2.85. The summed E-state index contributed by atoms with van der Waals surface area (Å²) in [5.41, 5.74) is 11.0. The van der Waals surface area contributed by atoms with Crippen molar-refractivity contribution in [3.63, 3.8) is 0 Å². The third-order valence-corrected chi connectivity index (χ3v) is 5.58. The maximum Gasteiger partial charge on any atom is 0.256 e. The highest BCUT2D eigenvalue weighted by molar-refractivity contribution is 6.00. The lowest BCUT2D eigenvalue weighted by atomic mass is 9.86. The van der Waals surface area contributed by atoms with E-state index in [0.717, 1.165) is 36.9 Å². The number of amides is 1. The molecule has 0 aromatic carbocycles. The number of nitrogens with two attached hydrogens (primary N) is 1. The molecular formula is C21H23N5O2. The van der Waals surface area contributed by atoms with Gasteiger partial charge < -0.3 is 15.4 Å². The second-order valence-corrected chi connectivity index (χ2v) is 7.56. The molecule has 144 valence electrons. The standard InChI is InChI=1S/C21H23N5O2/c1-11(2)26-10-17-13(21(26)27)8-14(20(25-17)28-3)18-12-6-4-5-7-16(12)24-19(23)15(18)9-22/h8,11H,4-7,10H2,1-3H3,(H2,23,24). The highest BCUT2D eigenvalue weighted by Crippen LogP contribution is 2.41. The number of fused-ring (bicyclic) bond motifs is 2. The maximum atomic E-state index is 12.9. The van der Waals surface area contributed by atoms with Crippen LogP contribution in [0, 0.1) is 11.3 Å². The molecule has 7 nitrogen and oxygen atoms in total. The van der Waals surface area contributed by atoms with E-state index >= 15 is 0 Å². The van der Waals surface area contributed by atoms with Crippen molar-refractivity contribution in [3.05, 3.63) is 34.1 Å². The summed E-state index contributed by atoms with van der Waals surface area (Å²) >= 11 is 0. The first-order valence-corrected chi connectivity index (χ1v) is 9.56. The minimum atomic E-state index is -0.0455. The summed E-state index contributed by atoms with van der Waals surface area (Å²) in [4.78, 5) is 23.8. The van der Waals surface area contributed by atoms with Crippen LogP contribution in [0.3, 0.4) is 0 Å². The van der Waals surface area contributed by atoms with Gasteiger partial charge in [0.05, 0.1) is 24.9 Å². The van der Waals surface area contributed by atoms with E-state index in [9.17, 15) is 10.1 Å². The highest BCUT2D eigenvalue weighted by Gasteiger charge is 2.33. The molecule has 0 bridgehead atoms. The van der Waals surface area contributed by atoms with Gasteiger partial charge in [-0.2, -0.15) is 5.26 Å². The first kappa shape index (κ1) is 18.2. The molecule has 1 aliphatic carbocycles. The fourth-order valence-electron chi connectivity index (χ4n) is 4.15. The normalized spacial score (nSPS) is 15.4. The molecule has 1 amide bonds.